The molecule has 1 saturated carbocycles. The molecule has 0 radical (unpaired) electrons. The number of fused-ring (bicyclic) bond motifs is 1. The topological polar surface area (TPSA) is 68.9 Å². The first-order chi connectivity index (χ1) is 14.0. The van der Waals surface area contributed by atoms with Crippen molar-refractivity contribution in [3.63, 3.8) is 0 Å². The zero-order chi connectivity index (χ0) is 21.8. The number of rotatable bonds is 4. The van der Waals surface area contributed by atoms with Crippen molar-refractivity contribution in [3.8, 4) is 0 Å². The molecule has 30 heavy (non-hydrogen) atoms. The molecule has 1 atom stereocenters. The van der Waals surface area contributed by atoms with Gasteiger partial charge in [0.25, 0.3) is 11.1 Å². The Morgan fingerprint density at radius 1 is 1.13 bits per heavy atom. The monoisotopic (exact) mass is 422 g/mol. The lowest BCUT2D eigenvalue weighted by Gasteiger charge is -2.19. The second-order valence-corrected chi connectivity index (χ2v) is 7.49. The third kappa shape index (κ3) is 3.69. The van der Waals surface area contributed by atoms with Crippen LogP contribution in [0, 0.1) is 5.82 Å². The maximum absolute atomic E-state index is 13.8. The Bertz CT molecular complexity index is 1260. The summed E-state index contributed by atoms with van der Waals surface area (Å²) in [5.41, 5.74) is -1.78. The van der Waals surface area contributed by atoms with E-state index in [2.05, 4.69) is 10.4 Å². The van der Waals surface area contributed by atoms with E-state index >= 15 is 0 Å². The SMILES string of the molecule is CC(Nc1nn(C)c(=O)c2cc(=O)n(C3CC3)cc12)c1cc(F)cc(C(F)(F)F)c1. The van der Waals surface area contributed by atoms with E-state index in [1.165, 1.54) is 17.7 Å². The molecule has 1 aromatic carbocycles. The second kappa shape index (κ2) is 6.96. The Morgan fingerprint density at radius 2 is 1.83 bits per heavy atom. The Hall–Kier alpha value is -3.17. The van der Waals surface area contributed by atoms with E-state index in [9.17, 15) is 27.2 Å². The molecule has 1 aliphatic carbocycles. The van der Waals surface area contributed by atoms with Crippen LogP contribution in [0.15, 0.2) is 40.1 Å². The number of hydrogen-bond donors (Lipinski definition) is 1. The average Bonchev–Trinajstić information content (AvgIpc) is 3.49. The molecule has 10 heteroatoms. The van der Waals surface area contributed by atoms with E-state index in [1.54, 1.807) is 13.1 Å². The van der Waals surface area contributed by atoms with Crippen molar-refractivity contribution < 1.29 is 17.6 Å². The number of hydrogen-bond acceptors (Lipinski definition) is 4. The largest absolute Gasteiger partial charge is 0.416 e. The van der Waals surface area contributed by atoms with Gasteiger partial charge in [-0.15, -0.1) is 0 Å². The minimum absolute atomic E-state index is 0.0637. The summed E-state index contributed by atoms with van der Waals surface area (Å²) in [6.07, 6.45) is -1.43. The van der Waals surface area contributed by atoms with Crippen molar-refractivity contribution in [3.05, 3.63) is 68.1 Å². The van der Waals surface area contributed by atoms with Crippen molar-refractivity contribution in [2.24, 2.45) is 7.05 Å². The molecule has 0 bridgehead atoms. The van der Waals surface area contributed by atoms with Crippen LogP contribution in [0.5, 0.6) is 0 Å². The normalized spacial score (nSPS) is 15.4. The molecule has 3 aromatic rings. The van der Waals surface area contributed by atoms with Crippen molar-refractivity contribution in [1.29, 1.82) is 0 Å². The van der Waals surface area contributed by atoms with Gasteiger partial charge in [-0.05, 0) is 43.5 Å². The Labute approximate surface area is 167 Å². The van der Waals surface area contributed by atoms with Crippen LogP contribution in [0.1, 0.15) is 43.0 Å². The van der Waals surface area contributed by atoms with E-state index in [-0.39, 0.29) is 28.4 Å². The summed E-state index contributed by atoms with van der Waals surface area (Å²) in [6, 6.07) is 2.87. The highest BCUT2D eigenvalue weighted by molar-refractivity contribution is 5.90. The van der Waals surface area contributed by atoms with Gasteiger partial charge in [0.05, 0.1) is 17.0 Å². The molecule has 2 heterocycles. The smallest absolute Gasteiger partial charge is 0.362 e. The summed E-state index contributed by atoms with van der Waals surface area (Å²) < 4.78 is 55.5. The fourth-order valence-corrected chi connectivity index (χ4v) is 3.40. The van der Waals surface area contributed by atoms with Crippen LogP contribution in [0.4, 0.5) is 23.4 Å². The van der Waals surface area contributed by atoms with Crippen LogP contribution in [0.2, 0.25) is 0 Å². The van der Waals surface area contributed by atoms with Crippen molar-refractivity contribution in [2.75, 3.05) is 5.32 Å². The predicted octanol–water partition coefficient (Wildman–Crippen LogP) is 3.76. The molecule has 1 aliphatic rings. The molecular formula is C20H18F4N4O2. The van der Waals surface area contributed by atoms with Crippen LogP contribution < -0.4 is 16.4 Å². The van der Waals surface area contributed by atoms with Crippen LogP contribution in [-0.4, -0.2) is 14.3 Å². The van der Waals surface area contributed by atoms with Gasteiger partial charge < -0.3 is 9.88 Å². The number of alkyl halides is 3. The standard InChI is InChI=1S/C20H18F4N4O2/c1-10(11-5-12(20(22,23)24)7-13(21)6-11)25-18-16-9-28(14-3-4-14)17(29)8-15(16)19(30)27(2)26-18/h5-10,14H,3-4H2,1-2H3,(H,25,26). The van der Waals surface area contributed by atoms with Gasteiger partial charge in [-0.25, -0.2) is 9.07 Å². The van der Waals surface area contributed by atoms with Gasteiger partial charge in [-0.2, -0.15) is 18.3 Å². The summed E-state index contributed by atoms with van der Waals surface area (Å²) in [5, 5.41) is 7.66. The van der Waals surface area contributed by atoms with E-state index in [0.29, 0.717) is 11.5 Å². The number of nitrogens with one attached hydrogen (secondary N) is 1. The zero-order valence-corrected chi connectivity index (χ0v) is 16.1. The van der Waals surface area contributed by atoms with Crippen LogP contribution in [0.25, 0.3) is 10.8 Å². The molecule has 0 saturated heterocycles. The molecule has 1 fully saturated rings. The number of anilines is 1. The molecule has 1 N–H and O–H groups in total. The average molecular weight is 422 g/mol. The van der Waals surface area contributed by atoms with Crippen LogP contribution >= 0.6 is 0 Å². The number of benzene rings is 1. The highest BCUT2D eigenvalue weighted by Gasteiger charge is 2.32. The minimum atomic E-state index is -4.68. The molecule has 4 rings (SSSR count). The summed E-state index contributed by atoms with van der Waals surface area (Å²) >= 11 is 0. The number of aromatic nitrogens is 3. The number of nitrogens with zero attached hydrogens (tertiary/aromatic N) is 3. The van der Waals surface area contributed by atoms with Crippen molar-refractivity contribution in [2.45, 2.75) is 38.0 Å². The molecule has 1 unspecified atom stereocenters. The fraction of sp³-hybridized carbons (Fsp3) is 0.350. The van der Waals surface area contributed by atoms with Gasteiger partial charge in [-0.3, -0.25) is 9.59 Å². The van der Waals surface area contributed by atoms with E-state index < -0.39 is 29.2 Å². The van der Waals surface area contributed by atoms with Crippen LogP contribution in [0.3, 0.4) is 0 Å². The highest BCUT2D eigenvalue weighted by atomic mass is 19.4. The second-order valence-electron chi connectivity index (χ2n) is 7.49. The Kier molecular flexibility index (Phi) is 4.67. The summed E-state index contributed by atoms with van der Waals surface area (Å²) in [5.74, 6) is -0.791. The molecule has 0 spiro atoms. The van der Waals surface area contributed by atoms with Gasteiger partial charge in [0, 0.05) is 30.7 Å². The minimum Gasteiger partial charge on any atom is -0.362 e. The van der Waals surface area contributed by atoms with Gasteiger partial charge in [0.15, 0.2) is 5.82 Å². The molecule has 6 nitrogen and oxygen atoms in total. The number of halogens is 4. The first-order valence-electron chi connectivity index (χ1n) is 9.32. The molecular weight excluding hydrogens is 404 g/mol. The van der Waals surface area contributed by atoms with Gasteiger partial charge in [0.1, 0.15) is 5.82 Å². The van der Waals surface area contributed by atoms with Gasteiger partial charge >= 0.3 is 6.18 Å². The Morgan fingerprint density at radius 3 is 2.47 bits per heavy atom. The molecule has 158 valence electrons. The quantitative estimate of drug-likeness (QED) is 0.650. The Balaban J connectivity index is 1.79. The third-order valence-electron chi connectivity index (χ3n) is 5.15. The third-order valence-corrected chi connectivity index (χ3v) is 5.15. The number of aryl methyl sites for hydroxylation is 1. The van der Waals surface area contributed by atoms with E-state index in [4.69, 9.17) is 0 Å². The lowest BCUT2D eigenvalue weighted by Crippen LogP contribution is -2.26. The van der Waals surface area contributed by atoms with E-state index in [0.717, 1.165) is 29.7 Å². The van der Waals surface area contributed by atoms with Crippen molar-refractivity contribution in [1.82, 2.24) is 14.3 Å². The number of pyridine rings is 1. The predicted molar refractivity (Wildman–Crippen MR) is 103 cm³/mol. The highest BCUT2D eigenvalue weighted by Crippen LogP contribution is 2.35. The van der Waals surface area contributed by atoms with Crippen molar-refractivity contribution >= 4 is 16.6 Å². The fourth-order valence-electron chi connectivity index (χ4n) is 3.40. The maximum Gasteiger partial charge on any atom is 0.416 e. The molecule has 0 aliphatic heterocycles. The van der Waals surface area contributed by atoms with Gasteiger partial charge in [-0.1, -0.05) is 0 Å². The van der Waals surface area contributed by atoms with Gasteiger partial charge in [0.2, 0.25) is 0 Å². The first-order valence-corrected chi connectivity index (χ1v) is 9.32. The summed E-state index contributed by atoms with van der Waals surface area (Å²) in [4.78, 5) is 24.8. The lowest BCUT2D eigenvalue weighted by atomic mass is 10.0. The lowest BCUT2D eigenvalue weighted by molar-refractivity contribution is -0.137. The zero-order valence-electron chi connectivity index (χ0n) is 16.1. The summed E-state index contributed by atoms with van der Waals surface area (Å²) in [6.45, 7) is 1.56. The molecule has 2 aromatic heterocycles. The summed E-state index contributed by atoms with van der Waals surface area (Å²) in [7, 11) is 1.41. The first kappa shape index (κ1) is 20.1. The molecule has 0 amide bonds. The van der Waals surface area contributed by atoms with Crippen LogP contribution in [-0.2, 0) is 13.2 Å². The maximum atomic E-state index is 13.8. The van der Waals surface area contributed by atoms with E-state index in [1.807, 2.05) is 0 Å².